The van der Waals surface area contributed by atoms with E-state index in [1.165, 1.54) is 33.1 Å². The van der Waals surface area contributed by atoms with E-state index in [9.17, 15) is 14.7 Å². The van der Waals surface area contributed by atoms with Crippen molar-refractivity contribution in [1.29, 1.82) is 0 Å². The molecule has 0 aliphatic rings. The minimum Gasteiger partial charge on any atom is -0.507 e. The van der Waals surface area contributed by atoms with Crippen LogP contribution in [0.25, 0.3) is 6.08 Å². The second-order valence-corrected chi connectivity index (χ2v) is 3.60. The number of Topliss-reactive ketones (excluding diaryl/α,β-unsaturated/α-hetero) is 2. The van der Waals surface area contributed by atoms with E-state index in [0.29, 0.717) is 11.3 Å². The van der Waals surface area contributed by atoms with Crippen LogP contribution in [0.4, 0.5) is 0 Å². The number of hydrogen-bond acceptors (Lipinski definition) is 4. The molecule has 0 aliphatic carbocycles. The molecule has 0 amide bonds. The van der Waals surface area contributed by atoms with Gasteiger partial charge in [-0.1, -0.05) is 0 Å². The van der Waals surface area contributed by atoms with E-state index in [-0.39, 0.29) is 22.9 Å². The Morgan fingerprint density at radius 3 is 2.24 bits per heavy atom. The molecule has 90 valence electrons. The lowest BCUT2D eigenvalue weighted by molar-refractivity contribution is -0.119. The van der Waals surface area contributed by atoms with Crippen LogP contribution in [0.1, 0.15) is 19.4 Å². The number of allylic oxidation sites excluding steroid dienone is 1. The third kappa shape index (κ3) is 3.17. The van der Waals surface area contributed by atoms with Gasteiger partial charge in [0, 0.05) is 11.6 Å². The molecule has 1 aromatic rings. The Morgan fingerprint density at radius 1 is 1.24 bits per heavy atom. The van der Waals surface area contributed by atoms with E-state index < -0.39 is 0 Å². The topological polar surface area (TPSA) is 63.6 Å². The number of benzene rings is 1. The fraction of sp³-hybridized carbons (Fsp3) is 0.231. The lowest BCUT2D eigenvalue weighted by Crippen LogP contribution is -2.05. The maximum Gasteiger partial charge on any atom is 0.163 e. The molecular weight excluding hydrogens is 220 g/mol. The zero-order valence-electron chi connectivity index (χ0n) is 9.98. The van der Waals surface area contributed by atoms with Crippen LogP contribution < -0.4 is 4.74 Å². The first-order valence-electron chi connectivity index (χ1n) is 5.06. The van der Waals surface area contributed by atoms with Crippen LogP contribution in [0, 0.1) is 0 Å². The molecule has 0 fully saturated rings. The number of ketones is 2. The van der Waals surface area contributed by atoms with Crippen LogP contribution in [-0.4, -0.2) is 23.8 Å². The molecule has 1 aromatic carbocycles. The lowest BCUT2D eigenvalue weighted by atomic mass is 10.0. The van der Waals surface area contributed by atoms with Crippen molar-refractivity contribution in [3.8, 4) is 11.5 Å². The summed E-state index contributed by atoms with van der Waals surface area (Å²) in [7, 11) is 1.49. The fourth-order valence-corrected chi connectivity index (χ4v) is 1.38. The molecule has 0 heterocycles. The molecule has 0 unspecified atom stereocenters. The highest BCUT2D eigenvalue weighted by molar-refractivity contribution is 6.21. The highest BCUT2D eigenvalue weighted by Gasteiger charge is 2.11. The molecule has 1 N–H and O–H groups in total. The van der Waals surface area contributed by atoms with Gasteiger partial charge in [0.25, 0.3) is 0 Å². The Labute approximate surface area is 99.5 Å². The number of ether oxygens (including phenoxy) is 1. The van der Waals surface area contributed by atoms with Gasteiger partial charge in [-0.15, -0.1) is 0 Å². The van der Waals surface area contributed by atoms with Crippen LogP contribution in [-0.2, 0) is 9.59 Å². The van der Waals surface area contributed by atoms with Crippen LogP contribution in [0.3, 0.4) is 0 Å². The van der Waals surface area contributed by atoms with E-state index in [4.69, 9.17) is 4.74 Å². The average molecular weight is 234 g/mol. The highest BCUT2D eigenvalue weighted by atomic mass is 16.5. The first-order valence-corrected chi connectivity index (χ1v) is 5.06. The number of phenolic OH excluding ortho intramolecular Hbond substituents is 1. The van der Waals surface area contributed by atoms with Crippen molar-refractivity contribution in [3.05, 3.63) is 29.3 Å². The van der Waals surface area contributed by atoms with Crippen molar-refractivity contribution in [2.45, 2.75) is 13.8 Å². The Kier molecular flexibility index (Phi) is 4.04. The van der Waals surface area contributed by atoms with Crippen molar-refractivity contribution >= 4 is 17.6 Å². The molecule has 0 atom stereocenters. The van der Waals surface area contributed by atoms with Gasteiger partial charge in [0.05, 0.1) is 12.7 Å². The molecule has 0 spiro atoms. The summed E-state index contributed by atoms with van der Waals surface area (Å²) < 4.78 is 4.94. The Balaban J connectivity index is 3.21. The predicted molar refractivity (Wildman–Crippen MR) is 64.0 cm³/mol. The van der Waals surface area contributed by atoms with Crippen LogP contribution >= 0.6 is 0 Å². The summed E-state index contributed by atoms with van der Waals surface area (Å²) in [5.41, 5.74) is 0.469. The second-order valence-electron chi connectivity index (χ2n) is 3.60. The van der Waals surface area contributed by atoms with Crippen molar-refractivity contribution in [1.82, 2.24) is 0 Å². The summed E-state index contributed by atoms with van der Waals surface area (Å²) in [6.45, 7) is 2.63. The maximum atomic E-state index is 11.2. The van der Waals surface area contributed by atoms with Crippen molar-refractivity contribution in [2.24, 2.45) is 0 Å². The van der Waals surface area contributed by atoms with Gasteiger partial charge in [0.1, 0.15) is 11.5 Å². The standard InChI is InChI=1S/C13H14O4/c1-8(14)12(9(2)15)6-10-4-5-11(17-3)7-13(10)16/h4-7,16H,1-3H3. The van der Waals surface area contributed by atoms with Gasteiger partial charge in [-0.25, -0.2) is 0 Å². The summed E-state index contributed by atoms with van der Waals surface area (Å²) in [6.07, 6.45) is 1.37. The van der Waals surface area contributed by atoms with Gasteiger partial charge in [-0.2, -0.15) is 0 Å². The number of phenols is 1. The van der Waals surface area contributed by atoms with Gasteiger partial charge < -0.3 is 9.84 Å². The van der Waals surface area contributed by atoms with Crippen LogP contribution in [0.15, 0.2) is 23.8 Å². The Hall–Kier alpha value is -2.10. The minimum absolute atomic E-state index is 0.0376. The molecule has 0 radical (unpaired) electrons. The zero-order chi connectivity index (χ0) is 13.0. The highest BCUT2D eigenvalue weighted by Crippen LogP contribution is 2.25. The maximum absolute atomic E-state index is 11.2. The number of rotatable bonds is 4. The SMILES string of the molecule is COc1ccc(C=C(C(C)=O)C(C)=O)c(O)c1. The molecule has 0 saturated carbocycles. The molecule has 0 aliphatic heterocycles. The summed E-state index contributed by atoms with van der Waals surface area (Å²) in [5.74, 6) is -0.184. The normalized spacial score (nSPS) is 9.59. The summed E-state index contributed by atoms with van der Waals surface area (Å²) in [5, 5.41) is 9.69. The lowest BCUT2D eigenvalue weighted by Gasteiger charge is -2.04. The molecule has 0 aromatic heterocycles. The molecular formula is C13H14O4. The third-order valence-electron chi connectivity index (χ3n) is 2.30. The molecule has 0 saturated heterocycles. The first kappa shape index (κ1) is 13.0. The van der Waals surface area contributed by atoms with E-state index in [1.807, 2.05) is 0 Å². The molecule has 1 rings (SSSR count). The first-order chi connectivity index (χ1) is 7.95. The van der Waals surface area contributed by atoms with Gasteiger partial charge >= 0.3 is 0 Å². The smallest absolute Gasteiger partial charge is 0.163 e. The quantitative estimate of drug-likeness (QED) is 0.491. The number of hydrogen-bond donors (Lipinski definition) is 1. The van der Waals surface area contributed by atoms with Crippen molar-refractivity contribution < 1.29 is 19.4 Å². The van der Waals surface area contributed by atoms with Crippen molar-refractivity contribution in [2.75, 3.05) is 7.11 Å². The summed E-state index contributed by atoms with van der Waals surface area (Å²) in [4.78, 5) is 22.5. The van der Waals surface area contributed by atoms with Crippen LogP contribution in [0.5, 0.6) is 11.5 Å². The van der Waals surface area contributed by atoms with E-state index in [1.54, 1.807) is 12.1 Å². The Bertz CT molecular complexity index is 470. The zero-order valence-corrected chi connectivity index (χ0v) is 9.98. The number of methoxy groups -OCH3 is 1. The van der Waals surface area contributed by atoms with Gasteiger partial charge in [-0.3, -0.25) is 9.59 Å². The number of carbonyl (C=O) groups is 2. The van der Waals surface area contributed by atoms with E-state index in [0.717, 1.165) is 0 Å². The van der Waals surface area contributed by atoms with Crippen LogP contribution in [0.2, 0.25) is 0 Å². The van der Waals surface area contributed by atoms with Gasteiger partial charge in [0.2, 0.25) is 0 Å². The number of aromatic hydroxyl groups is 1. The number of carbonyl (C=O) groups excluding carboxylic acids is 2. The molecule has 17 heavy (non-hydrogen) atoms. The van der Waals surface area contributed by atoms with Gasteiger partial charge in [-0.05, 0) is 32.1 Å². The second kappa shape index (κ2) is 5.30. The van der Waals surface area contributed by atoms with Crippen molar-refractivity contribution in [3.63, 3.8) is 0 Å². The largest absolute Gasteiger partial charge is 0.507 e. The third-order valence-corrected chi connectivity index (χ3v) is 2.30. The minimum atomic E-state index is -0.326. The summed E-state index contributed by atoms with van der Waals surface area (Å²) in [6, 6.07) is 4.65. The predicted octanol–water partition coefficient (Wildman–Crippen LogP) is 1.96. The van der Waals surface area contributed by atoms with E-state index in [2.05, 4.69) is 0 Å². The average Bonchev–Trinajstić information content (AvgIpc) is 2.26. The summed E-state index contributed by atoms with van der Waals surface area (Å²) >= 11 is 0. The monoisotopic (exact) mass is 234 g/mol. The molecule has 4 heteroatoms. The Morgan fingerprint density at radius 2 is 1.82 bits per heavy atom. The van der Waals surface area contributed by atoms with Gasteiger partial charge in [0.15, 0.2) is 11.6 Å². The fourth-order valence-electron chi connectivity index (χ4n) is 1.38. The molecule has 0 bridgehead atoms. The molecule has 4 nitrogen and oxygen atoms in total. The van der Waals surface area contributed by atoms with E-state index >= 15 is 0 Å².